The normalized spacial score (nSPS) is 10.2. The van der Waals surface area contributed by atoms with Crippen LogP contribution in [0.2, 0.25) is 0 Å². The van der Waals surface area contributed by atoms with Crippen LogP contribution in [0.4, 0.5) is 0 Å². The Labute approximate surface area is 116 Å². The van der Waals surface area contributed by atoms with Crippen molar-refractivity contribution in [3.05, 3.63) is 57.0 Å². The fourth-order valence-corrected chi connectivity index (χ4v) is 2.70. The first-order chi connectivity index (χ1) is 8.11. The molecule has 2 rings (SSSR count). The topological polar surface area (TPSA) is 37.3 Å². The van der Waals surface area contributed by atoms with Gasteiger partial charge in [0, 0.05) is 14.5 Å². The molecule has 0 saturated carbocycles. The van der Waals surface area contributed by atoms with Crippen LogP contribution in [0.15, 0.2) is 51.4 Å². The summed E-state index contributed by atoms with van der Waals surface area (Å²) in [6.45, 7) is 0. The second kappa shape index (κ2) is 5.02. The Morgan fingerprint density at radius 3 is 2.24 bits per heavy atom. The summed E-state index contributed by atoms with van der Waals surface area (Å²) in [6.07, 6.45) is 0. The van der Waals surface area contributed by atoms with Gasteiger partial charge in [0.05, 0.1) is 5.56 Å². The fourth-order valence-electron chi connectivity index (χ4n) is 1.64. The minimum atomic E-state index is -0.933. The van der Waals surface area contributed by atoms with Crippen molar-refractivity contribution in [1.82, 2.24) is 0 Å². The average Bonchev–Trinajstić information content (AvgIpc) is 2.30. The van der Waals surface area contributed by atoms with Gasteiger partial charge in [0.25, 0.3) is 0 Å². The second-order valence-electron chi connectivity index (χ2n) is 3.45. The largest absolute Gasteiger partial charge is 0.478 e. The minimum absolute atomic E-state index is 0.284. The van der Waals surface area contributed by atoms with Gasteiger partial charge in [-0.2, -0.15) is 0 Å². The molecule has 0 amide bonds. The van der Waals surface area contributed by atoms with Crippen LogP contribution >= 0.6 is 31.9 Å². The number of carboxylic acid groups (broad SMARTS) is 1. The van der Waals surface area contributed by atoms with Crippen molar-refractivity contribution in [2.45, 2.75) is 0 Å². The summed E-state index contributed by atoms with van der Waals surface area (Å²) in [7, 11) is 0. The van der Waals surface area contributed by atoms with Crippen LogP contribution in [-0.4, -0.2) is 11.1 Å². The standard InChI is InChI=1S/C13H8Br2O2/c14-10-6-2-1-4-8(10)12-9(13(16)17)5-3-7-11(12)15/h1-7H,(H,16,17). The minimum Gasteiger partial charge on any atom is -0.478 e. The molecule has 0 atom stereocenters. The molecule has 0 radical (unpaired) electrons. The maximum atomic E-state index is 11.2. The summed E-state index contributed by atoms with van der Waals surface area (Å²) in [6, 6.07) is 12.7. The molecule has 2 aromatic rings. The summed E-state index contributed by atoms with van der Waals surface area (Å²) < 4.78 is 1.64. The third-order valence-corrected chi connectivity index (χ3v) is 3.74. The monoisotopic (exact) mass is 354 g/mol. The molecule has 0 aliphatic heterocycles. The molecule has 0 aliphatic carbocycles. The predicted octanol–water partition coefficient (Wildman–Crippen LogP) is 4.58. The number of hydrogen-bond donors (Lipinski definition) is 1. The molecule has 0 unspecified atom stereocenters. The molecule has 1 N–H and O–H groups in total. The molecule has 0 bridgehead atoms. The fraction of sp³-hybridized carbons (Fsp3) is 0. The highest BCUT2D eigenvalue weighted by Crippen LogP contribution is 2.36. The van der Waals surface area contributed by atoms with Gasteiger partial charge in [-0.3, -0.25) is 0 Å². The van der Waals surface area contributed by atoms with E-state index >= 15 is 0 Å². The van der Waals surface area contributed by atoms with Crippen LogP contribution in [0.3, 0.4) is 0 Å². The quantitative estimate of drug-likeness (QED) is 0.856. The molecule has 0 aliphatic rings. The van der Waals surface area contributed by atoms with Gasteiger partial charge in [-0.25, -0.2) is 4.79 Å². The maximum Gasteiger partial charge on any atom is 0.336 e. The predicted molar refractivity (Wildman–Crippen MR) is 74.2 cm³/mol. The molecule has 2 aromatic carbocycles. The van der Waals surface area contributed by atoms with Crippen molar-refractivity contribution in [1.29, 1.82) is 0 Å². The number of carbonyl (C=O) groups is 1. The molecule has 0 spiro atoms. The Balaban J connectivity index is 2.75. The van der Waals surface area contributed by atoms with E-state index in [2.05, 4.69) is 31.9 Å². The number of carboxylic acids is 1. The van der Waals surface area contributed by atoms with Gasteiger partial charge in [-0.05, 0) is 23.8 Å². The highest BCUT2D eigenvalue weighted by Gasteiger charge is 2.15. The second-order valence-corrected chi connectivity index (χ2v) is 5.16. The Hall–Kier alpha value is -1.13. The van der Waals surface area contributed by atoms with E-state index in [9.17, 15) is 9.90 Å². The van der Waals surface area contributed by atoms with E-state index in [0.29, 0.717) is 5.56 Å². The van der Waals surface area contributed by atoms with E-state index in [1.165, 1.54) is 0 Å². The third kappa shape index (κ3) is 2.42. The first-order valence-electron chi connectivity index (χ1n) is 4.88. The summed E-state index contributed by atoms with van der Waals surface area (Å²) in [4.78, 5) is 11.2. The van der Waals surface area contributed by atoms with E-state index in [0.717, 1.165) is 14.5 Å². The molecule has 0 aromatic heterocycles. The van der Waals surface area contributed by atoms with E-state index in [1.54, 1.807) is 12.1 Å². The molecular weight excluding hydrogens is 348 g/mol. The third-order valence-electron chi connectivity index (χ3n) is 2.39. The Bertz CT molecular complexity index is 579. The smallest absolute Gasteiger partial charge is 0.336 e. The van der Waals surface area contributed by atoms with Gasteiger partial charge in [0.15, 0.2) is 0 Å². The zero-order valence-corrected chi connectivity index (χ0v) is 11.8. The lowest BCUT2D eigenvalue weighted by Crippen LogP contribution is -2.00. The summed E-state index contributed by atoms with van der Waals surface area (Å²) in [5.74, 6) is -0.933. The highest BCUT2D eigenvalue weighted by molar-refractivity contribution is 9.11. The number of aromatic carboxylic acids is 1. The lowest BCUT2D eigenvalue weighted by molar-refractivity contribution is 0.0697. The molecule has 86 valence electrons. The lowest BCUT2D eigenvalue weighted by Gasteiger charge is -2.10. The van der Waals surface area contributed by atoms with Crippen molar-refractivity contribution in [2.75, 3.05) is 0 Å². The highest BCUT2D eigenvalue weighted by atomic mass is 79.9. The molecule has 0 fully saturated rings. The van der Waals surface area contributed by atoms with Crippen LogP contribution in [0, 0.1) is 0 Å². The van der Waals surface area contributed by atoms with Crippen molar-refractivity contribution in [2.24, 2.45) is 0 Å². The van der Waals surface area contributed by atoms with Crippen molar-refractivity contribution >= 4 is 37.8 Å². The maximum absolute atomic E-state index is 11.2. The van der Waals surface area contributed by atoms with Gasteiger partial charge in [-0.1, -0.05) is 56.1 Å². The van der Waals surface area contributed by atoms with E-state index in [1.807, 2.05) is 30.3 Å². The Morgan fingerprint density at radius 2 is 1.59 bits per heavy atom. The zero-order valence-electron chi connectivity index (χ0n) is 8.65. The van der Waals surface area contributed by atoms with E-state index in [-0.39, 0.29) is 5.56 Å². The van der Waals surface area contributed by atoms with Crippen molar-refractivity contribution < 1.29 is 9.90 Å². The first kappa shape index (κ1) is 12.3. The number of benzene rings is 2. The number of rotatable bonds is 2. The first-order valence-corrected chi connectivity index (χ1v) is 6.46. The van der Waals surface area contributed by atoms with E-state index in [4.69, 9.17) is 0 Å². The van der Waals surface area contributed by atoms with Crippen molar-refractivity contribution in [3.8, 4) is 11.1 Å². The molecule has 4 heteroatoms. The SMILES string of the molecule is O=C(O)c1cccc(Br)c1-c1ccccc1Br. The van der Waals surface area contributed by atoms with E-state index < -0.39 is 5.97 Å². The molecule has 0 saturated heterocycles. The van der Waals surface area contributed by atoms with Gasteiger partial charge < -0.3 is 5.11 Å². The zero-order chi connectivity index (χ0) is 12.4. The lowest BCUT2D eigenvalue weighted by atomic mass is 10.00. The Kier molecular flexibility index (Phi) is 3.64. The van der Waals surface area contributed by atoms with Crippen LogP contribution in [-0.2, 0) is 0 Å². The van der Waals surface area contributed by atoms with Crippen LogP contribution in [0.5, 0.6) is 0 Å². The molecule has 0 heterocycles. The van der Waals surface area contributed by atoms with Crippen LogP contribution in [0.25, 0.3) is 11.1 Å². The van der Waals surface area contributed by atoms with Gasteiger partial charge in [0.1, 0.15) is 0 Å². The average molecular weight is 356 g/mol. The summed E-state index contributed by atoms with van der Waals surface area (Å²) >= 11 is 6.84. The number of hydrogen-bond acceptors (Lipinski definition) is 1. The molecular formula is C13H8Br2O2. The Morgan fingerprint density at radius 1 is 0.941 bits per heavy atom. The summed E-state index contributed by atoms with van der Waals surface area (Å²) in [5.41, 5.74) is 1.83. The van der Waals surface area contributed by atoms with Gasteiger partial charge in [0.2, 0.25) is 0 Å². The van der Waals surface area contributed by atoms with Gasteiger partial charge >= 0.3 is 5.97 Å². The number of halogens is 2. The molecule has 17 heavy (non-hydrogen) atoms. The summed E-state index contributed by atoms with van der Waals surface area (Å²) in [5, 5.41) is 9.21. The van der Waals surface area contributed by atoms with Crippen LogP contribution in [0.1, 0.15) is 10.4 Å². The van der Waals surface area contributed by atoms with Crippen molar-refractivity contribution in [3.63, 3.8) is 0 Å². The molecule has 2 nitrogen and oxygen atoms in total. The van der Waals surface area contributed by atoms with Crippen LogP contribution < -0.4 is 0 Å². The van der Waals surface area contributed by atoms with Gasteiger partial charge in [-0.15, -0.1) is 0 Å².